The van der Waals surface area contributed by atoms with E-state index in [4.69, 9.17) is 0 Å². The van der Waals surface area contributed by atoms with E-state index in [1.807, 2.05) is 0 Å². The zero-order valence-electron chi connectivity index (χ0n) is 11.9. The fourth-order valence-electron chi connectivity index (χ4n) is 1.62. The van der Waals surface area contributed by atoms with Crippen molar-refractivity contribution in [3.8, 4) is 0 Å². The zero-order valence-corrected chi connectivity index (χ0v) is 12.9. The average molecular weight is 248 g/mol. The molecule has 0 atom stereocenters. The molecule has 0 aliphatic rings. The Balaban J connectivity index is 5.18. The molecule has 0 saturated heterocycles. The fraction of sp³-hybridized carbons (Fsp3) is 0.500. The monoisotopic (exact) mass is 248 g/mol. The standard InChI is InChI=1S/C16H28Si/c1-5-9-13-17(14-10-6-2,15-11-7-3)16-12-8-4/h9-16H,5-8H2,1-4H3. The van der Waals surface area contributed by atoms with E-state index in [-0.39, 0.29) is 0 Å². The van der Waals surface area contributed by atoms with E-state index in [2.05, 4.69) is 74.8 Å². The summed E-state index contributed by atoms with van der Waals surface area (Å²) in [7, 11) is -1.60. The van der Waals surface area contributed by atoms with Gasteiger partial charge in [-0.2, -0.15) is 0 Å². The van der Waals surface area contributed by atoms with Crippen molar-refractivity contribution in [1.29, 1.82) is 0 Å². The van der Waals surface area contributed by atoms with E-state index < -0.39 is 8.07 Å². The van der Waals surface area contributed by atoms with E-state index in [1.165, 1.54) is 0 Å². The molecule has 1 heteroatoms. The summed E-state index contributed by atoms with van der Waals surface area (Å²) in [6.45, 7) is 8.80. The molecule has 0 saturated carbocycles. The van der Waals surface area contributed by atoms with Crippen LogP contribution in [0.1, 0.15) is 53.4 Å². The van der Waals surface area contributed by atoms with Crippen LogP contribution in [-0.4, -0.2) is 8.07 Å². The SMILES string of the molecule is CCC=C[Si](C=CCC)(C=CCC)C=CCC. The first-order valence-electron chi connectivity index (χ1n) is 6.95. The molecule has 17 heavy (non-hydrogen) atoms. The van der Waals surface area contributed by atoms with E-state index in [9.17, 15) is 0 Å². The molecule has 0 heterocycles. The van der Waals surface area contributed by atoms with Crippen molar-refractivity contribution in [2.24, 2.45) is 0 Å². The van der Waals surface area contributed by atoms with Crippen LogP contribution in [0.5, 0.6) is 0 Å². The summed E-state index contributed by atoms with van der Waals surface area (Å²) in [4.78, 5) is 0. The second-order valence-corrected chi connectivity index (χ2v) is 7.58. The summed E-state index contributed by atoms with van der Waals surface area (Å²) >= 11 is 0. The van der Waals surface area contributed by atoms with Crippen molar-refractivity contribution in [3.05, 3.63) is 47.1 Å². The second-order valence-electron chi connectivity index (χ2n) is 4.24. The topological polar surface area (TPSA) is 0 Å². The van der Waals surface area contributed by atoms with E-state index >= 15 is 0 Å². The highest BCUT2D eigenvalue weighted by atomic mass is 28.3. The Morgan fingerprint density at radius 2 is 0.765 bits per heavy atom. The maximum absolute atomic E-state index is 2.44. The predicted molar refractivity (Wildman–Crippen MR) is 83.5 cm³/mol. The number of rotatable bonds is 8. The Kier molecular flexibility index (Phi) is 9.84. The van der Waals surface area contributed by atoms with Crippen LogP contribution in [0.2, 0.25) is 0 Å². The second kappa shape index (κ2) is 10.3. The number of allylic oxidation sites excluding steroid dienone is 4. The van der Waals surface area contributed by atoms with Gasteiger partial charge in [-0.15, -0.1) is 0 Å². The van der Waals surface area contributed by atoms with Crippen LogP contribution < -0.4 is 0 Å². The van der Waals surface area contributed by atoms with Crippen LogP contribution in [0.15, 0.2) is 47.1 Å². The molecule has 0 aromatic rings. The minimum absolute atomic E-state index is 1.12. The van der Waals surface area contributed by atoms with Gasteiger partial charge in [0.1, 0.15) is 8.07 Å². The minimum atomic E-state index is -1.60. The normalized spacial score (nSPS) is 16.7. The number of hydrogen-bond donors (Lipinski definition) is 0. The summed E-state index contributed by atoms with van der Waals surface area (Å²) < 4.78 is 0. The smallest absolute Gasteiger partial charge is 0.0917 e. The molecule has 0 aliphatic carbocycles. The fourth-order valence-corrected chi connectivity index (χ4v) is 4.86. The Morgan fingerprint density at radius 1 is 0.529 bits per heavy atom. The van der Waals surface area contributed by atoms with Gasteiger partial charge in [0.15, 0.2) is 0 Å². The molecule has 0 amide bonds. The first kappa shape index (κ1) is 16.2. The molecule has 0 N–H and O–H groups in total. The van der Waals surface area contributed by atoms with Gasteiger partial charge in [0.25, 0.3) is 0 Å². The Labute approximate surface area is 109 Å². The summed E-state index contributed by atoms with van der Waals surface area (Å²) in [5.74, 6) is 0. The molecule has 0 bridgehead atoms. The van der Waals surface area contributed by atoms with Crippen molar-refractivity contribution in [3.63, 3.8) is 0 Å². The minimum Gasteiger partial charge on any atom is -0.0917 e. The lowest BCUT2D eigenvalue weighted by molar-refractivity contribution is 1.21. The molecule has 0 unspecified atom stereocenters. The third kappa shape index (κ3) is 7.17. The van der Waals surface area contributed by atoms with Crippen LogP contribution in [0.3, 0.4) is 0 Å². The van der Waals surface area contributed by atoms with Crippen LogP contribution in [-0.2, 0) is 0 Å². The van der Waals surface area contributed by atoms with Gasteiger partial charge in [0.2, 0.25) is 0 Å². The lowest BCUT2D eigenvalue weighted by atomic mass is 10.5. The van der Waals surface area contributed by atoms with Crippen molar-refractivity contribution >= 4 is 8.07 Å². The van der Waals surface area contributed by atoms with Crippen LogP contribution in [0, 0.1) is 0 Å². The van der Waals surface area contributed by atoms with Crippen LogP contribution in [0.25, 0.3) is 0 Å². The summed E-state index contributed by atoms with van der Waals surface area (Å²) in [6, 6.07) is 0. The van der Waals surface area contributed by atoms with Crippen LogP contribution in [0.4, 0.5) is 0 Å². The zero-order chi connectivity index (χ0) is 13.0. The molecule has 0 aromatic heterocycles. The van der Waals surface area contributed by atoms with Crippen molar-refractivity contribution in [1.82, 2.24) is 0 Å². The molecule has 0 spiro atoms. The Bertz CT molecular complexity index is 220. The van der Waals surface area contributed by atoms with Crippen molar-refractivity contribution in [2.75, 3.05) is 0 Å². The molecule has 96 valence electrons. The van der Waals surface area contributed by atoms with Crippen LogP contribution >= 0.6 is 0 Å². The highest BCUT2D eigenvalue weighted by Gasteiger charge is 2.18. The van der Waals surface area contributed by atoms with Crippen molar-refractivity contribution < 1.29 is 0 Å². The highest BCUT2D eigenvalue weighted by Crippen LogP contribution is 2.14. The van der Waals surface area contributed by atoms with Gasteiger partial charge in [-0.3, -0.25) is 0 Å². The molecular weight excluding hydrogens is 220 g/mol. The maximum atomic E-state index is 2.44. The average Bonchev–Trinajstić information content (AvgIpc) is 2.37. The van der Waals surface area contributed by atoms with E-state index in [0.29, 0.717) is 0 Å². The van der Waals surface area contributed by atoms with E-state index in [1.54, 1.807) is 0 Å². The van der Waals surface area contributed by atoms with Gasteiger partial charge in [0, 0.05) is 0 Å². The summed E-state index contributed by atoms with van der Waals surface area (Å²) in [6.07, 6.45) is 13.7. The van der Waals surface area contributed by atoms with Gasteiger partial charge >= 0.3 is 0 Å². The molecule has 0 nitrogen and oxygen atoms in total. The van der Waals surface area contributed by atoms with Crippen molar-refractivity contribution in [2.45, 2.75) is 53.4 Å². The Morgan fingerprint density at radius 3 is 0.941 bits per heavy atom. The molecule has 0 rings (SSSR count). The highest BCUT2D eigenvalue weighted by molar-refractivity contribution is 6.97. The first-order chi connectivity index (χ1) is 8.24. The largest absolute Gasteiger partial charge is 0.149 e. The quantitative estimate of drug-likeness (QED) is 0.501. The predicted octanol–water partition coefficient (Wildman–Crippen LogP) is 5.46. The lowest BCUT2D eigenvalue weighted by Crippen LogP contribution is -2.25. The maximum Gasteiger partial charge on any atom is 0.149 e. The van der Waals surface area contributed by atoms with Gasteiger partial charge in [-0.05, 0) is 25.7 Å². The molecule has 0 radical (unpaired) electrons. The van der Waals surface area contributed by atoms with Gasteiger partial charge in [-0.25, -0.2) is 0 Å². The molecular formula is C16H28Si. The first-order valence-corrected chi connectivity index (χ1v) is 9.26. The summed E-state index contributed by atoms with van der Waals surface area (Å²) in [5.41, 5.74) is 9.77. The number of hydrogen-bond acceptors (Lipinski definition) is 0. The molecule has 0 fully saturated rings. The molecule has 0 aromatic carbocycles. The van der Waals surface area contributed by atoms with E-state index in [0.717, 1.165) is 25.7 Å². The van der Waals surface area contributed by atoms with Gasteiger partial charge in [-0.1, -0.05) is 74.8 Å². The summed E-state index contributed by atoms with van der Waals surface area (Å²) in [5, 5.41) is 0. The third-order valence-corrected chi connectivity index (χ3v) is 5.82. The third-order valence-electron chi connectivity index (χ3n) is 2.57. The van der Waals surface area contributed by atoms with Gasteiger partial charge < -0.3 is 0 Å². The van der Waals surface area contributed by atoms with Gasteiger partial charge in [0.05, 0.1) is 0 Å². The lowest BCUT2D eigenvalue weighted by Gasteiger charge is -2.16. The Hall–Kier alpha value is -0.823. The molecule has 0 aliphatic heterocycles.